The summed E-state index contributed by atoms with van der Waals surface area (Å²) >= 11 is 0. The van der Waals surface area contributed by atoms with Crippen molar-refractivity contribution in [3.8, 4) is 11.1 Å². The van der Waals surface area contributed by atoms with Crippen LogP contribution < -0.4 is 5.73 Å². The molecule has 0 heterocycles. The van der Waals surface area contributed by atoms with Gasteiger partial charge >= 0.3 is 0 Å². The van der Waals surface area contributed by atoms with Gasteiger partial charge in [-0.25, -0.2) is 4.39 Å². The fourth-order valence-corrected chi connectivity index (χ4v) is 3.18. The number of aryl methyl sites for hydroxylation is 2. The van der Waals surface area contributed by atoms with Gasteiger partial charge in [-0.3, -0.25) is 0 Å². The van der Waals surface area contributed by atoms with Crippen molar-refractivity contribution in [2.75, 3.05) is 0 Å². The van der Waals surface area contributed by atoms with E-state index in [-0.39, 0.29) is 11.9 Å². The highest BCUT2D eigenvalue weighted by Crippen LogP contribution is 2.38. The van der Waals surface area contributed by atoms with E-state index in [4.69, 9.17) is 5.73 Å². The quantitative estimate of drug-likeness (QED) is 0.817. The van der Waals surface area contributed by atoms with E-state index in [1.807, 2.05) is 32.0 Å². The van der Waals surface area contributed by atoms with Crippen LogP contribution in [0, 0.1) is 19.7 Å². The molecule has 0 bridgehead atoms. The van der Waals surface area contributed by atoms with E-state index in [1.54, 1.807) is 6.07 Å². The summed E-state index contributed by atoms with van der Waals surface area (Å²) in [6.07, 6.45) is 1.90. The monoisotopic (exact) mass is 255 g/mol. The Morgan fingerprint density at radius 2 is 2.00 bits per heavy atom. The second-order valence-electron chi connectivity index (χ2n) is 5.46. The molecule has 19 heavy (non-hydrogen) atoms. The van der Waals surface area contributed by atoms with E-state index in [0.717, 1.165) is 35.1 Å². The highest BCUT2D eigenvalue weighted by Gasteiger charge is 2.23. The summed E-state index contributed by atoms with van der Waals surface area (Å²) in [6.45, 7) is 3.89. The Hall–Kier alpha value is -1.67. The van der Waals surface area contributed by atoms with Gasteiger partial charge in [0, 0.05) is 11.6 Å². The number of fused-ring (bicyclic) bond motifs is 1. The molecular formula is C17H18FN. The minimum atomic E-state index is -0.133. The van der Waals surface area contributed by atoms with Crippen molar-refractivity contribution in [2.24, 2.45) is 5.73 Å². The zero-order valence-electron chi connectivity index (χ0n) is 11.3. The van der Waals surface area contributed by atoms with Crippen molar-refractivity contribution >= 4 is 0 Å². The summed E-state index contributed by atoms with van der Waals surface area (Å²) in [5.74, 6) is -0.133. The molecule has 3 rings (SSSR count). The normalized spacial score (nSPS) is 17.6. The maximum atomic E-state index is 14.3. The molecular weight excluding hydrogens is 237 g/mol. The molecule has 2 N–H and O–H groups in total. The molecule has 0 radical (unpaired) electrons. The predicted molar refractivity (Wildman–Crippen MR) is 76.6 cm³/mol. The van der Waals surface area contributed by atoms with Crippen LogP contribution in [-0.2, 0) is 6.42 Å². The van der Waals surface area contributed by atoms with Gasteiger partial charge in [-0.1, -0.05) is 24.3 Å². The van der Waals surface area contributed by atoms with Crippen LogP contribution in [0.2, 0.25) is 0 Å². The molecule has 98 valence electrons. The first-order chi connectivity index (χ1) is 9.08. The lowest BCUT2D eigenvalue weighted by Gasteiger charge is -2.14. The summed E-state index contributed by atoms with van der Waals surface area (Å²) in [6, 6.07) is 9.81. The Morgan fingerprint density at radius 1 is 1.21 bits per heavy atom. The van der Waals surface area contributed by atoms with Gasteiger partial charge < -0.3 is 5.73 Å². The predicted octanol–water partition coefficient (Wildman–Crippen LogP) is 4.06. The number of halogens is 1. The number of nitrogens with two attached hydrogens (primary N) is 1. The van der Waals surface area contributed by atoms with Crippen LogP contribution in [0.5, 0.6) is 0 Å². The number of hydrogen-bond acceptors (Lipinski definition) is 1. The minimum Gasteiger partial charge on any atom is -0.324 e. The van der Waals surface area contributed by atoms with E-state index in [2.05, 4.69) is 6.07 Å². The van der Waals surface area contributed by atoms with Gasteiger partial charge in [0.15, 0.2) is 0 Å². The average molecular weight is 255 g/mol. The number of benzene rings is 2. The summed E-state index contributed by atoms with van der Waals surface area (Å²) in [4.78, 5) is 0. The first-order valence-electron chi connectivity index (χ1n) is 6.72. The third-order valence-electron chi connectivity index (χ3n) is 4.02. The molecule has 1 atom stereocenters. The summed E-state index contributed by atoms with van der Waals surface area (Å²) in [7, 11) is 0. The largest absolute Gasteiger partial charge is 0.324 e. The molecule has 2 aromatic carbocycles. The van der Waals surface area contributed by atoms with Crippen molar-refractivity contribution in [1.82, 2.24) is 0 Å². The van der Waals surface area contributed by atoms with Gasteiger partial charge in [0.2, 0.25) is 0 Å². The van der Waals surface area contributed by atoms with Crippen molar-refractivity contribution in [3.05, 3.63) is 58.4 Å². The smallest absolute Gasteiger partial charge is 0.131 e. The molecule has 0 aromatic heterocycles. The molecule has 0 amide bonds. The average Bonchev–Trinajstić information content (AvgIpc) is 2.71. The van der Waals surface area contributed by atoms with Crippen molar-refractivity contribution < 1.29 is 4.39 Å². The molecule has 0 fully saturated rings. The van der Waals surface area contributed by atoms with Crippen LogP contribution in [-0.4, -0.2) is 0 Å². The number of hydrogen-bond donors (Lipinski definition) is 1. The van der Waals surface area contributed by atoms with Gasteiger partial charge in [-0.2, -0.15) is 0 Å². The fourth-order valence-electron chi connectivity index (χ4n) is 3.18. The topological polar surface area (TPSA) is 26.0 Å². The Kier molecular flexibility index (Phi) is 2.90. The maximum Gasteiger partial charge on any atom is 0.131 e. The molecule has 2 heteroatoms. The Balaban J connectivity index is 2.25. The molecule has 1 nitrogen and oxygen atoms in total. The van der Waals surface area contributed by atoms with Crippen LogP contribution in [0.15, 0.2) is 30.3 Å². The highest BCUT2D eigenvalue weighted by molar-refractivity contribution is 5.73. The van der Waals surface area contributed by atoms with Gasteiger partial charge in [0.05, 0.1) is 0 Å². The lowest BCUT2D eigenvalue weighted by molar-refractivity contribution is 0.629. The molecule has 0 spiro atoms. The van der Waals surface area contributed by atoms with E-state index in [9.17, 15) is 4.39 Å². The number of rotatable bonds is 1. The van der Waals surface area contributed by atoms with Gasteiger partial charge in [-0.05, 0) is 60.6 Å². The summed E-state index contributed by atoms with van der Waals surface area (Å²) in [5.41, 5.74) is 12.2. The van der Waals surface area contributed by atoms with Gasteiger partial charge in [-0.15, -0.1) is 0 Å². The zero-order chi connectivity index (χ0) is 13.6. The van der Waals surface area contributed by atoms with Crippen LogP contribution in [0.1, 0.15) is 34.7 Å². The third kappa shape index (κ3) is 1.96. The molecule has 1 unspecified atom stereocenters. The van der Waals surface area contributed by atoms with E-state index in [0.29, 0.717) is 0 Å². The lowest BCUT2D eigenvalue weighted by atomic mass is 9.92. The third-order valence-corrected chi connectivity index (χ3v) is 4.02. The molecule has 1 aliphatic carbocycles. The molecule has 0 saturated carbocycles. The first-order valence-corrected chi connectivity index (χ1v) is 6.72. The molecule has 2 aromatic rings. The zero-order valence-corrected chi connectivity index (χ0v) is 11.3. The van der Waals surface area contributed by atoms with E-state index < -0.39 is 0 Å². The van der Waals surface area contributed by atoms with Gasteiger partial charge in [0.1, 0.15) is 5.82 Å². The molecule has 0 saturated heterocycles. The minimum absolute atomic E-state index is 0.101. The lowest BCUT2D eigenvalue weighted by Crippen LogP contribution is -2.05. The summed E-state index contributed by atoms with van der Waals surface area (Å²) in [5, 5.41) is 0. The highest BCUT2D eigenvalue weighted by atomic mass is 19.1. The van der Waals surface area contributed by atoms with Gasteiger partial charge in [0.25, 0.3) is 0 Å². The molecule has 1 aliphatic rings. The molecule has 0 aliphatic heterocycles. The van der Waals surface area contributed by atoms with Crippen LogP contribution in [0.4, 0.5) is 4.39 Å². The first kappa shape index (κ1) is 12.4. The van der Waals surface area contributed by atoms with E-state index >= 15 is 0 Å². The van der Waals surface area contributed by atoms with Crippen LogP contribution >= 0.6 is 0 Å². The van der Waals surface area contributed by atoms with Crippen molar-refractivity contribution in [3.63, 3.8) is 0 Å². The fraction of sp³-hybridized carbons (Fsp3) is 0.294. The van der Waals surface area contributed by atoms with Crippen LogP contribution in [0.3, 0.4) is 0 Å². The van der Waals surface area contributed by atoms with Crippen LogP contribution in [0.25, 0.3) is 11.1 Å². The van der Waals surface area contributed by atoms with E-state index in [1.165, 1.54) is 11.1 Å². The van der Waals surface area contributed by atoms with Crippen molar-refractivity contribution in [1.29, 1.82) is 0 Å². The Morgan fingerprint density at radius 3 is 2.74 bits per heavy atom. The SMILES string of the molecule is Cc1cc(C)c(-c2cccc3c2CCC3N)c(F)c1. The second kappa shape index (κ2) is 4.46. The second-order valence-corrected chi connectivity index (χ2v) is 5.46. The Labute approximate surface area is 113 Å². The maximum absolute atomic E-state index is 14.3. The Bertz CT molecular complexity index is 623. The summed E-state index contributed by atoms with van der Waals surface area (Å²) < 4.78 is 14.3. The van der Waals surface area contributed by atoms with Crippen molar-refractivity contribution in [2.45, 2.75) is 32.7 Å². The standard InChI is InChI=1S/C17H18FN/c1-10-8-11(2)17(15(18)9-10)14-5-3-4-13-12(14)6-7-16(13)19/h3-5,8-9,16H,6-7,19H2,1-2H3.